The molecule has 170 valence electrons. The molecule has 0 fully saturated rings. The van der Waals surface area contributed by atoms with Crippen molar-refractivity contribution in [1.29, 1.82) is 0 Å². The van der Waals surface area contributed by atoms with Crippen molar-refractivity contribution in [1.82, 2.24) is 0 Å². The zero-order valence-corrected chi connectivity index (χ0v) is 20.8. The van der Waals surface area contributed by atoms with Gasteiger partial charge >= 0.3 is 0 Å². The van der Waals surface area contributed by atoms with E-state index in [2.05, 4.69) is 134 Å². The van der Waals surface area contributed by atoms with Crippen LogP contribution in [0.2, 0.25) is 0 Å². The second-order valence-electron chi connectivity index (χ2n) is 9.47. The van der Waals surface area contributed by atoms with Gasteiger partial charge in [0.2, 0.25) is 0 Å². The zero-order valence-electron chi connectivity index (χ0n) is 20.0. The van der Waals surface area contributed by atoms with Crippen LogP contribution in [0.15, 0.2) is 127 Å². The van der Waals surface area contributed by atoms with Gasteiger partial charge in [-0.05, 0) is 75.3 Å². The lowest BCUT2D eigenvalue weighted by Crippen LogP contribution is -1.85. The summed E-state index contributed by atoms with van der Waals surface area (Å²) >= 11 is 1.89. The predicted octanol–water partition coefficient (Wildman–Crippen LogP) is 10.5. The smallest absolute Gasteiger partial charge is 0.0362 e. The molecule has 1 heterocycles. The summed E-state index contributed by atoms with van der Waals surface area (Å²) in [5, 5.41) is 5.35. The number of rotatable bonds is 3. The lowest BCUT2D eigenvalue weighted by atomic mass is 9.93. The molecule has 0 aliphatic heterocycles. The van der Waals surface area contributed by atoms with E-state index in [1.807, 2.05) is 11.3 Å². The van der Waals surface area contributed by atoms with Crippen molar-refractivity contribution in [3.63, 3.8) is 0 Å². The second-order valence-corrected chi connectivity index (χ2v) is 10.6. The average molecular weight is 477 g/mol. The van der Waals surface area contributed by atoms with Crippen LogP contribution in [0, 0.1) is 6.92 Å². The maximum atomic E-state index is 2.35. The van der Waals surface area contributed by atoms with Gasteiger partial charge in [0, 0.05) is 20.2 Å². The number of aryl methyl sites for hydroxylation is 1. The van der Waals surface area contributed by atoms with Gasteiger partial charge in [-0.2, -0.15) is 0 Å². The van der Waals surface area contributed by atoms with Crippen LogP contribution in [0.4, 0.5) is 0 Å². The highest BCUT2D eigenvalue weighted by Crippen LogP contribution is 2.43. The lowest BCUT2D eigenvalue weighted by Gasteiger charge is -2.10. The topological polar surface area (TPSA) is 0 Å². The maximum Gasteiger partial charge on any atom is 0.0362 e. The van der Waals surface area contributed by atoms with Crippen LogP contribution in [0.3, 0.4) is 0 Å². The molecular formula is C35H24S. The third-order valence-electron chi connectivity index (χ3n) is 7.11. The van der Waals surface area contributed by atoms with Crippen LogP contribution in [0.1, 0.15) is 5.56 Å². The fraction of sp³-hybridized carbons (Fsp3) is 0.0286. The summed E-state index contributed by atoms with van der Waals surface area (Å²) in [5.41, 5.74) is 8.82. The molecule has 0 amide bonds. The van der Waals surface area contributed by atoms with Crippen LogP contribution >= 0.6 is 11.3 Å². The zero-order chi connectivity index (χ0) is 24.1. The van der Waals surface area contributed by atoms with Gasteiger partial charge in [-0.15, -0.1) is 11.3 Å². The highest BCUT2D eigenvalue weighted by atomic mass is 32.1. The first-order valence-corrected chi connectivity index (χ1v) is 13.2. The van der Waals surface area contributed by atoms with Crippen molar-refractivity contribution < 1.29 is 0 Å². The summed E-state index contributed by atoms with van der Waals surface area (Å²) < 4.78 is 2.68. The van der Waals surface area contributed by atoms with Crippen molar-refractivity contribution in [3.05, 3.63) is 133 Å². The van der Waals surface area contributed by atoms with E-state index < -0.39 is 0 Å². The molecular weight excluding hydrogens is 452 g/mol. The minimum Gasteiger partial charge on any atom is -0.135 e. The molecule has 7 rings (SSSR count). The van der Waals surface area contributed by atoms with Gasteiger partial charge in [0.1, 0.15) is 0 Å². The molecule has 1 heteroatoms. The van der Waals surface area contributed by atoms with E-state index in [-0.39, 0.29) is 0 Å². The van der Waals surface area contributed by atoms with Gasteiger partial charge in [-0.1, -0.05) is 109 Å². The van der Waals surface area contributed by atoms with Crippen LogP contribution in [0.5, 0.6) is 0 Å². The van der Waals surface area contributed by atoms with Crippen molar-refractivity contribution >= 4 is 42.3 Å². The van der Waals surface area contributed by atoms with Crippen molar-refractivity contribution in [2.24, 2.45) is 0 Å². The molecule has 0 unspecified atom stereocenters. The van der Waals surface area contributed by atoms with Gasteiger partial charge in [0.25, 0.3) is 0 Å². The van der Waals surface area contributed by atoms with E-state index in [9.17, 15) is 0 Å². The average Bonchev–Trinajstić information content (AvgIpc) is 3.33. The first kappa shape index (κ1) is 21.1. The number of hydrogen-bond donors (Lipinski definition) is 0. The van der Waals surface area contributed by atoms with Gasteiger partial charge in [0.05, 0.1) is 0 Å². The molecule has 0 bridgehead atoms. The summed E-state index contributed by atoms with van der Waals surface area (Å²) in [7, 11) is 0. The Morgan fingerprint density at radius 1 is 0.444 bits per heavy atom. The summed E-state index contributed by atoms with van der Waals surface area (Å²) in [4.78, 5) is 0. The Balaban J connectivity index is 1.41. The fourth-order valence-electron chi connectivity index (χ4n) is 5.40. The largest absolute Gasteiger partial charge is 0.135 e. The highest BCUT2D eigenvalue weighted by Gasteiger charge is 2.14. The minimum atomic E-state index is 1.24. The van der Waals surface area contributed by atoms with Crippen molar-refractivity contribution in [3.8, 4) is 33.4 Å². The lowest BCUT2D eigenvalue weighted by molar-refractivity contribution is 1.47. The number of fused-ring (bicyclic) bond motifs is 5. The summed E-state index contributed by atoms with van der Waals surface area (Å²) in [6.07, 6.45) is 0. The molecule has 0 N–H and O–H groups in total. The number of hydrogen-bond acceptors (Lipinski definition) is 1. The Morgan fingerprint density at radius 2 is 1.06 bits per heavy atom. The molecule has 0 saturated carbocycles. The van der Waals surface area contributed by atoms with E-state index in [0.29, 0.717) is 0 Å². The molecule has 0 saturated heterocycles. The van der Waals surface area contributed by atoms with Crippen LogP contribution in [0.25, 0.3) is 64.3 Å². The Labute approximate surface area is 215 Å². The summed E-state index contributed by atoms with van der Waals surface area (Å²) in [5.74, 6) is 0. The monoisotopic (exact) mass is 476 g/mol. The standard InChI is InChI=1S/C35H24S/c1-23-8-4-10-25(20-23)26-11-5-12-27(21-26)28-13-6-14-29(22-28)31-16-7-17-32-35(31)34-30-15-3-2-9-24(30)18-19-33(34)36-32/h2-22H,1H3. The summed E-state index contributed by atoms with van der Waals surface area (Å²) in [6.45, 7) is 2.15. The van der Waals surface area contributed by atoms with Gasteiger partial charge in [-0.3, -0.25) is 0 Å². The van der Waals surface area contributed by atoms with Gasteiger partial charge in [-0.25, -0.2) is 0 Å². The first-order chi connectivity index (χ1) is 17.7. The van der Waals surface area contributed by atoms with E-state index >= 15 is 0 Å². The van der Waals surface area contributed by atoms with Crippen LogP contribution < -0.4 is 0 Å². The number of benzene rings is 6. The van der Waals surface area contributed by atoms with E-state index in [1.165, 1.54) is 69.9 Å². The summed E-state index contributed by atoms with van der Waals surface area (Å²) in [6, 6.07) is 46.6. The Bertz CT molecular complexity index is 1900. The molecule has 0 atom stereocenters. The van der Waals surface area contributed by atoms with E-state index in [0.717, 1.165) is 0 Å². The molecule has 0 aliphatic carbocycles. The Kier molecular flexibility index (Phi) is 4.97. The van der Waals surface area contributed by atoms with Crippen molar-refractivity contribution in [2.75, 3.05) is 0 Å². The molecule has 0 nitrogen and oxygen atoms in total. The SMILES string of the molecule is Cc1cccc(-c2cccc(-c3cccc(-c4cccc5sc6ccc7ccccc7c6c45)c3)c2)c1. The number of thiophene rings is 1. The normalized spacial score (nSPS) is 11.5. The molecule has 36 heavy (non-hydrogen) atoms. The van der Waals surface area contributed by atoms with Crippen LogP contribution in [-0.2, 0) is 0 Å². The van der Waals surface area contributed by atoms with Crippen molar-refractivity contribution in [2.45, 2.75) is 6.92 Å². The highest BCUT2D eigenvalue weighted by molar-refractivity contribution is 7.26. The first-order valence-electron chi connectivity index (χ1n) is 12.4. The second kappa shape index (κ2) is 8.48. The van der Waals surface area contributed by atoms with E-state index in [1.54, 1.807) is 0 Å². The fourth-order valence-corrected chi connectivity index (χ4v) is 6.54. The third kappa shape index (κ3) is 3.52. The Morgan fingerprint density at radius 3 is 1.83 bits per heavy atom. The predicted molar refractivity (Wildman–Crippen MR) is 158 cm³/mol. The molecule has 1 aromatic heterocycles. The third-order valence-corrected chi connectivity index (χ3v) is 8.23. The molecule has 0 spiro atoms. The Hall–Kier alpha value is -4.20. The molecule has 0 radical (unpaired) electrons. The molecule has 7 aromatic rings. The molecule has 0 aliphatic rings. The van der Waals surface area contributed by atoms with Gasteiger partial charge in [0.15, 0.2) is 0 Å². The van der Waals surface area contributed by atoms with Gasteiger partial charge < -0.3 is 0 Å². The van der Waals surface area contributed by atoms with Crippen LogP contribution in [-0.4, -0.2) is 0 Å². The maximum absolute atomic E-state index is 2.35. The quantitative estimate of drug-likeness (QED) is 0.238. The molecule has 6 aromatic carbocycles. The minimum absolute atomic E-state index is 1.24. The van der Waals surface area contributed by atoms with E-state index in [4.69, 9.17) is 0 Å².